The summed E-state index contributed by atoms with van der Waals surface area (Å²) in [4.78, 5) is 12.7. The third-order valence-electron chi connectivity index (χ3n) is 5.50. The maximum atomic E-state index is 13.4. The highest BCUT2D eigenvalue weighted by Crippen LogP contribution is 2.60. The number of para-hydroxylation sites is 1. The van der Waals surface area contributed by atoms with Gasteiger partial charge in [0, 0.05) is 5.56 Å². The molecule has 0 radical (unpaired) electrons. The van der Waals surface area contributed by atoms with Gasteiger partial charge in [-0.25, -0.2) is 4.39 Å². The first-order valence-electron chi connectivity index (χ1n) is 9.84. The second kappa shape index (κ2) is 9.25. The Bertz CT molecular complexity index is 1050. The van der Waals surface area contributed by atoms with E-state index >= 15 is 0 Å². The highest BCUT2D eigenvalue weighted by molar-refractivity contribution is 6.30. The van der Waals surface area contributed by atoms with Crippen LogP contribution in [0.3, 0.4) is 0 Å². The van der Waals surface area contributed by atoms with Gasteiger partial charge in [-0.2, -0.15) is 14.0 Å². The van der Waals surface area contributed by atoms with Gasteiger partial charge in [-0.15, -0.1) is 0 Å². The number of benzene rings is 2. The summed E-state index contributed by atoms with van der Waals surface area (Å²) in [6.45, 7) is 1.45. The SMILES string of the molecule is CC1(C)C(/C=C(\Cl)C(F)(F)CF)C1C(=O)OC(C#N)c1cccc(Oc2ccccc2)c1. The number of carbonyl (C=O) groups excluding carboxylic acids is 1. The zero-order chi connectivity index (χ0) is 23.5. The Kier molecular flexibility index (Phi) is 6.85. The predicted octanol–water partition coefficient (Wildman–Crippen LogP) is 6.59. The van der Waals surface area contributed by atoms with E-state index in [4.69, 9.17) is 21.1 Å². The van der Waals surface area contributed by atoms with Crippen molar-refractivity contribution in [3.63, 3.8) is 0 Å². The Morgan fingerprint density at radius 2 is 1.88 bits per heavy atom. The van der Waals surface area contributed by atoms with Crippen molar-refractivity contribution in [1.29, 1.82) is 5.26 Å². The van der Waals surface area contributed by atoms with Crippen molar-refractivity contribution in [2.45, 2.75) is 25.9 Å². The van der Waals surface area contributed by atoms with E-state index in [2.05, 4.69) is 0 Å². The van der Waals surface area contributed by atoms with Crippen molar-refractivity contribution in [3.05, 3.63) is 71.3 Å². The van der Waals surface area contributed by atoms with Crippen LogP contribution in [0.15, 0.2) is 65.7 Å². The molecule has 0 spiro atoms. The molecule has 0 N–H and O–H groups in total. The average Bonchev–Trinajstić information content (AvgIpc) is 3.32. The van der Waals surface area contributed by atoms with Gasteiger partial charge >= 0.3 is 11.9 Å². The molecule has 3 rings (SSSR count). The van der Waals surface area contributed by atoms with Gasteiger partial charge in [0.05, 0.1) is 11.0 Å². The molecule has 0 aliphatic heterocycles. The van der Waals surface area contributed by atoms with Crippen LogP contribution in [0.5, 0.6) is 11.5 Å². The number of nitrogens with zero attached hydrogens (tertiary/aromatic N) is 1. The number of rotatable bonds is 8. The van der Waals surface area contributed by atoms with Crippen LogP contribution < -0.4 is 4.74 Å². The minimum absolute atomic E-state index is 0.404. The Labute approximate surface area is 189 Å². The summed E-state index contributed by atoms with van der Waals surface area (Å²) in [6, 6.07) is 17.5. The molecule has 4 nitrogen and oxygen atoms in total. The van der Waals surface area contributed by atoms with Crippen LogP contribution in [0.1, 0.15) is 25.5 Å². The lowest BCUT2D eigenvalue weighted by Gasteiger charge is -2.13. The second-order valence-corrected chi connectivity index (χ2v) is 8.52. The molecule has 0 amide bonds. The van der Waals surface area contributed by atoms with Gasteiger partial charge in [0.1, 0.15) is 17.6 Å². The van der Waals surface area contributed by atoms with Crippen molar-refractivity contribution in [3.8, 4) is 17.6 Å². The molecule has 32 heavy (non-hydrogen) atoms. The lowest BCUT2D eigenvalue weighted by Crippen LogP contribution is -2.19. The summed E-state index contributed by atoms with van der Waals surface area (Å²) in [6.07, 6.45) is -0.214. The van der Waals surface area contributed by atoms with Gasteiger partial charge in [0.15, 0.2) is 6.67 Å². The van der Waals surface area contributed by atoms with Crippen molar-refractivity contribution < 1.29 is 27.4 Å². The molecule has 168 valence electrons. The fourth-order valence-electron chi connectivity index (χ4n) is 3.51. The summed E-state index contributed by atoms with van der Waals surface area (Å²) in [5.74, 6) is -4.91. The number of ether oxygens (including phenoxy) is 2. The van der Waals surface area contributed by atoms with Crippen LogP contribution in [-0.2, 0) is 9.53 Å². The predicted molar refractivity (Wildman–Crippen MR) is 113 cm³/mol. The van der Waals surface area contributed by atoms with Crippen molar-refractivity contribution in [2.24, 2.45) is 17.3 Å². The maximum Gasteiger partial charge on any atom is 0.311 e. The molecule has 2 aromatic carbocycles. The molecule has 0 aromatic heterocycles. The maximum absolute atomic E-state index is 13.4. The Morgan fingerprint density at radius 3 is 2.50 bits per heavy atom. The van der Waals surface area contributed by atoms with Gasteiger partial charge in [-0.3, -0.25) is 4.79 Å². The van der Waals surface area contributed by atoms with Crippen molar-refractivity contribution in [1.82, 2.24) is 0 Å². The molecule has 0 bridgehead atoms. The van der Waals surface area contributed by atoms with E-state index in [0.29, 0.717) is 17.1 Å². The number of hydrogen-bond acceptors (Lipinski definition) is 4. The highest BCUT2D eigenvalue weighted by Gasteiger charge is 2.62. The average molecular weight is 464 g/mol. The van der Waals surface area contributed by atoms with Gasteiger partial charge in [0.2, 0.25) is 6.10 Å². The molecule has 8 heteroatoms. The van der Waals surface area contributed by atoms with Crippen LogP contribution in [0.25, 0.3) is 0 Å². The number of nitriles is 1. The molecule has 1 aliphatic rings. The minimum atomic E-state index is -3.80. The molecule has 1 fully saturated rings. The topological polar surface area (TPSA) is 59.3 Å². The van der Waals surface area contributed by atoms with E-state index < -0.39 is 47.0 Å². The molecule has 2 aromatic rings. The van der Waals surface area contributed by atoms with Crippen LogP contribution >= 0.6 is 11.6 Å². The first kappa shape index (κ1) is 23.7. The van der Waals surface area contributed by atoms with E-state index in [0.717, 1.165) is 6.08 Å². The quantitative estimate of drug-likeness (QED) is 0.414. The van der Waals surface area contributed by atoms with Gasteiger partial charge in [0.25, 0.3) is 0 Å². The third-order valence-corrected chi connectivity index (χ3v) is 5.90. The fourth-order valence-corrected chi connectivity index (χ4v) is 3.69. The fraction of sp³-hybridized carbons (Fsp3) is 0.333. The molecular weight excluding hydrogens is 443 g/mol. The first-order valence-corrected chi connectivity index (χ1v) is 10.2. The number of alkyl halides is 3. The smallest absolute Gasteiger partial charge is 0.311 e. The molecule has 0 heterocycles. The van der Waals surface area contributed by atoms with Crippen LogP contribution in [-0.4, -0.2) is 18.6 Å². The summed E-state index contributed by atoms with van der Waals surface area (Å²) in [5.41, 5.74) is -0.316. The molecule has 1 aliphatic carbocycles. The van der Waals surface area contributed by atoms with Crippen LogP contribution in [0.2, 0.25) is 0 Å². The molecule has 3 unspecified atom stereocenters. The molecule has 0 saturated heterocycles. The van der Waals surface area contributed by atoms with E-state index in [1.165, 1.54) is 0 Å². The number of halogens is 4. The largest absolute Gasteiger partial charge is 0.457 e. The van der Waals surface area contributed by atoms with E-state index in [1.54, 1.807) is 50.2 Å². The Morgan fingerprint density at radius 1 is 1.22 bits per heavy atom. The zero-order valence-corrected chi connectivity index (χ0v) is 18.2. The van der Waals surface area contributed by atoms with E-state index in [-0.39, 0.29) is 0 Å². The van der Waals surface area contributed by atoms with Gasteiger partial charge in [-0.1, -0.05) is 61.9 Å². The zero-order valence-electron chi connectivity index (χ0n) is 17.4. The van der Waals surface area contributed by atoms with E-state index in [9.17, 15) is 23.2 Å². The first-order chi connectivity index (χ1) is 15.1. The molecular formula is C24H21ClF3NO3. The Hall–Kier alpha value is -2.98. The summed E-state index contributed by atoms with van der Waals surface area (Å²) in [7, 11) is 0. The highest BCUT2D eigenvalue weighted by atomic mass is 35.5. The monoisotopic (exact) mass is 463 g/mol. The van der Waals surface area contributed by atoms with Crippen LogP contribution in [0.4, 0.5) is 13.2 Å². The van der Waals surface area contributed by atoms with Crippen LogP contribution in [0, 0.1) is 28.6 Å². The normalized spacial score (nSPS) is 20.7. The number of allylic oxidation sites excluding steroid dienone is 2. The van der Waals surface area contributed by atoms with E-state index in [1.807, 2.05) is 24.3 Å². The summed E-state index contributed by atoms with van der Waals surface area (Å²) >= 11 is 5.57. The summed E-state index contributed by atoms with van der Waals surface area (Å²) in [5, 5.41) is 8.60. The molecule has 3 atom stereocenters. The number of hydrogen-bond donors (Lipinski definition) is 0. The second-order valence-electron chi connectivity index (χ2n) is 8.11. The third kappa shape index (κ3) is 5.08. The van der Waals surface area contributed by atoms with Crippen molar-refractivity contribution in [2.75, 3.05) is 6.67 Å². The number of carbonyl (C=O) groups is 1. The lowest BCUT2D eigenvalue weighted by molar-refractivity contribution is -0.149. The lowest BCUT2D eigenvalue weighted by atomic mass is 10.1. The van der Waals surface area contributed by atoms with Crippen molar-refractivity contribution >= 4 is 17.6 Å². The number of esters is 1. The Balaban J connectivity index is 1.72. The summed E-state index contributed by atoms with van der Waals surface area (Å²) < 4.78 is 50.5. The van der Waals surface area contributed by atoms with Gasteiger partial charge in [-0.05, 0) is 35.6 Å². The van der Waals surface area contributed by atoms with Gasteiger partial charge < -0.3 is 9.47 Å². The minimum Gasteiger partial charge on any atom is -0.457 e. The molecule has 1 saturated carbocycles. The standard InChI is InChI=1S/C24H21ClF3NO3/c1-23(2)18(12-20(25)24(27,28)14-26)21(23)22(30)32-19(13-29)15-7-6-10-17(11-15)31-16-8-4-3-5-9-16/h3-12,18-19,21H,14H2,1-2H3/b20-12-.